The Morgan fingerprint density at radius 3 is 1.75 bits per heavy atom. The predicted octanol–water partition coefficient (Wildman–Crippen LogP) is 17.5. The number of furan rings is 1. The van der Waals surface area contributed by atoms with E-state index in [2.05, 4.69) is 234 Å². The quantitative estimate of drug-likeness (QED) is 0.159. The number of anilines is 3. The van der Waals surface area contributed by atoms with Gasteiger partial charge < -0.3 is 13.9 Å². The van der Waals surface area contributed by atoms with E-state index in [0.29, 0.717) is 0 Å². The molecule has 0 fully saturated rings. The van der Waals surface area contributed by atoms with Crippen molar-refractivity contribution in [2.45, 2.75) is 0 Å². The van der Waals surface area contributed by atoms with Crippen LogP contribution in [0.1, 0.15) is 0 Å². The van der Waals surface area contributed by atoms with Crippen molar-refractivity contribution in [2.24, 2.45) is 0 Å². The molecule has 300 valence electrons. The minimum atomic E-state index is 0.886. The van der Waals surface area contributed by atoms with E-state index < -0.39 is 0 Å². The Kier molecular flexibility index (Phi) is 8.40. The Bertz CT molecular complexity index is 3840. The van der Waals surface area contributed by atoms with Crippen molar-refractivity contribution in [3.8, 4) is 39.1 Å². The van der Waals surface area contributed by atoms with Crippen molar-refractivity contribution in [1.82, 2.24) is 4.57 Å². The standard InChI is InChI=1S/C60H38N2OS/c1-2-15-39(16-3-1)40-29-33-43(34-30-40)62(54-26-11-6-19-46(54)49-22-14-23-50-47-20-7-12-27-56(47)63-59(49)50)55-38-37-51-48-21-8-13-28-57(48)64-60(51)58(55)41-31-35-42(36-32-41)61-52-24-9-4-17-44(52)45-18-5-10-25-53(45)61/h1-38H. The molecular formula is C60H38N2OS. The fraction of sp³-hybridized carbons (Fsp3) is 0. The number of hydrogen-bond acceptors (Lipinski definition) is 3. The zero-order valence-electron chi connectivity index (χ0n) is 34.7. The van der Waals surface area contributed by atoms with Crippen molar-refractivity contribution in [2.75, 3.05) is 4.90 Å². The number of aromatic nitrogens is 1. The van der Waals surface area contributed by atoms with Gasteiger partial charge in [0.2, 0.25) is 0 Å². The van der Waals surface area contributed by atoms with Gasteiger partial charge in [-0.1, -0.05) is 170 Å². The SMILES string of the molecule is c1ccc(-c2ccc(N(c3ccccc3-c3cccc4c3oc3ccccc34)c3ccc4c(sc5ccccc54)c3-c3ccc(-n4c5ccccc5c5ccccc54)cc3)cc2)cc1. The van der Waals surface area contributed by atoms with Crippen LogP contribution in [-0.2, 0) is 0 Å². The molecule has 13 rings (SSSR count). The van der Waals surface area contributed by atoms with Gasteiger partial charge in [-0.15, -0.1) is 11.3 Å². The largest absolute Gasteiger partial charge is 0.455 e. The highest BCUT2D eigenvalue weighted by Crippen LogP contribution is 2.51. The summed E-state index contributed by atoms with van der Waals surface area (Å²) in [6, 6.07) is 83.4. The Balaban J connectivity index is 1.07. The molecule has 0 aliphatic carbocycles. The summed E-state index contributed by atoms with van der Waals surface area (Å²) in [6.07, 6.45) is 0. The Morgan fingerprint density at radius 2 is 0.969 bits per heavy atom. The summed E-state index contributed by atoms with van der Waals surface area (Å²) in [4.78, 5) is 2.46. The summed E-state index contributed by atoms with van der Waals surface area (Å²) in [7, 11) is 0. The fourth-order valence-corrected chi connectivity index (χ4v) is 11.2. The van der Waals surface area contributed by atoms with Crippen LogP contribution in [-0.4, -0.2) is 4.57 Å². The lowest BCUT2D eigenvalue weighted by Gasteiger charge is -2.30. The minimum absolute atomic E-state index is 0.886. The summed E-state index contributed by atoms with van der Waals surface area (Å²) in [5.41, 5.74) is 15.4. The van der Waals surface area contributed by atoms with Crippen molar-refractivity contribution < 1.29 is 4.42 Å². The molecular weight excluding hydrogens is 797 g/mol. The summed E-state index contributed by atoms with van der Waals surface area (Å²) in [5.74, 6) is 0. The summed E-state index contributed by atoms with van der Waals surface area (Å²) in [5, 5.41) is 7.26. The van der Waals surface area contributed by atoms with Crippen LogP contribution in [0.3, 0.4) is 0 Å². The Morgan fingerprint density at radius 1 is 0.375 bits per heavy atom. The topological polar surface area (TPSA) is 21.3 Å². The third-order valence-corrected chi connectivity index (χ3v) is 14.0. The van der Waals surface area contributed by atoms with Crippen LogP contribution >= 0.6 is 11.3 Å². The van der Waals surface area contributed by atoms with Crippen LogP contribution in [0.5, 0.6) is 0 Å². The normalized spacial score (nSPS) is 11.8. The highest BCUT2D eigenvalue weighted by Gasteiger charge is 2.25. The van der Waals surface area contributed by atoms with Crippen molar-refractivity contribution in [1.29, 1.82) is 0 Å². The zero-order valence-corrected chi connectivity index (χ0v) is 35.5. The van der Waals surface area contributed by atoms with E-state index in [0.717, 1.165) is 61.4 Å². The molecule has 13 aromatic rings. The van der Waals surface area contributed by atoms with E-state index in [1.54, 1.807) is 0 Å². The van der Waals surface area contributed by atoms with Crippen molar-refractivity contribution >= 4 is 92.3 Å². The first-order valence-electron chi connectivity index (χ1n) is 21.8. The van der Waals surface area contributed by atoms with Crippen LogP contribution in [0.25, 0.3) is 103 Å². The number of para-hydroxylation sites is 5. The average Bonchev–Trinajstić information content (AvgIpc) is 4.05. The van der Waals surface area contributed by atoms with Crippen molar-refractivity contribution in [3.63, 3.8) is 0 Å². The lowest BCUT2D eigenvalue weighted by molar-refractivity contribution is 0.670. The summed E-state index contributed by atoms with van der Waals surface area (Å²) >= 11 is 1.87. The molecule has 3 nitrogen and oxygen atoms in total. The van der Waals surface area contributed by atoms with Crippen LogP contribution in [0, 0.1) is 0 Å². The molecule has 0 radical (unpaired) electrons. The van der Waals surface area contributed by atoms with Gasteiger partial charge >= 0.3 is 0 Å². The highest BCUT2D eigenvalue weighted by molar-refractivity contribution is 7.26. The second-order valence-electron chi connectivity index (χ2n) is 16.4. The second kappa shape index (κ2) is 14.7. The smallest absolute Gasteiger partial charge is 0.143 e. The maximum Gasteiger partial charge on any atom is 0.143 e. The molecule has 10 aromatic carbocycles. The molecule has 0 atom stereocenters. The molecule has 0 saturated carbocycles. The third kappa shape index (κ3) is 5.73. The molecule has 0 amide bonds. The summed E-state index contributed by atoms with van der Waals surface area (Å²) < 4.78 is 11.6. The van der Waals surface area contributed by atoms with Gasteiger partial charge in [0.25, 0.3) is 0 Å². The van der Waals surface area contributed by atoms with Crippen LogP contribution in [0.15, 0.2) is 235 Å². The van der Waals surface area contributed by atoms with Crippen LogP contribution in [0.4, 0.5) is 17.1 Å². The maximum atomic E-state index is 6.71. The zero-order chi connectivity index (χ0) is 42.1. The Labute approximate surface area is 373 Å². The van der Waals surface area contributed by atoms with Crippen LogP contribution in [0.2, 0.25) is 0 Å². The van der Waals surface area contributed by atoms with E-state index in [-0.39, 0.29) is 0 Å². The van der Waals surface area contributed by atoms with E-state index >= 15 is 0 Å². The number of benzene rings is 10. The third-order valence-electron chi connectivity index (χ3n) is 12.8. The number of hydrogen-bond donors (Lipinski definition) is 0. The van der Waals surface area contributed by atoms with Gasteiger partial charge in [0, 0.05) is 69.8 Å². The minimum Gasteiger partial charge on any atom is -0.455 e. The molecule has 0 spiro atoms. The first kappa shape index (κ1) is 36.5. The van der Waals surface area contributed by atoms with Crippen molar-refractivity contribution in [3.05, 3.63) is 231 Å². The monoisotopic (exact) mass is 834 g/mol. The lowest BCUT2D eigenvalue weighted by atomic mass is 9.96. The van der Waals surface area contributed by atoms with E-state index in [1.807, 2.05) is 17.4 Å². The van der Waals surface area contributed by atoms with E-state index in [1.165, 1.54) is 58.7 Å². The van der Waals surface area contributed by atoms with Gasteiger partial charge in [-0.2, -0.15) is 0 Å². The summed E-state index contributed by atoms with van der Waals surface area (Å²) in [6.45, 7) is 0. The maximum absolute atomic E-state index is 6.71. The highest BCUT2D eigenvalue weighted by atomic mass is 32.1. The molecule has 4 heteroatoms. The second-order valence-corrected chi connectivity index (χ2v) is 17.4. The van der Waals surface area contributed by atoms with Gasteiger partial charge in [-0.05, 0) is 77.4 Å². The van der Waals surface area contributed by atoms with E-state index in [4.69, 9.17) is 4.42 Å². The molecule has 0 aliphatic heterocycles. The number of nitrogens with zero attached hydrogens (tertiary/aromatic N) is 2. The van der Waals surface area contributed by atoms with Gasteiger partial charge in [0.05, 0.1) is 22.4 Å². The molecule has 0 aliphatic rings. The van der Waals surface area contributed by atoms with Gasteiger partial charge in [-0.25, -0.2) is 0 Å². The number of thiophene rings is 1. The lowest BCUT2D eigenvalue weighted by Crippen LogP contribution is -2.12. The molecule has 0 N–H and O–H groups in total. The van der Waals surface area contributed by atoms with Gasteiger partial charge in [-0.3, -0.25) is 0 Å². The number of rotatable bonds is 7. The molecule has 0 bridgehead atoms. The molecule has 0 unspecified atom stereocenters. The first-order valence-corrected chi connectivity index (χ1v) is 22.6. The first-order chi connectivity index (χ1) is 31.8. The Hall–Kier alpha value is -8.18. The molecule has 64 heavy (non-hydrogen) atoms. The molecule has 3 heterocycles. The van der Waals surface area contributed by atoms with Gasteiger partial charge in [0.1, 0.15) is 11.2 Å². The average molecular weight is 835 g/mol. The van der Waals surface area contributed by atoms with Crippen LogP contribution < -0.4 is 4.90 Å². The van der Waals surface area contributed by atoms with E-state index in [9.17, 15) is 0 Å². The fourth-order valence-electron chi connectivity index (χ4n) is 9.92. The van der Waals surface area contributed by atoms with Gasteiger partial charge in [0.15, 0.2) is 0 Å². The predicted molar refractivity (Wildman–Crippen MR) is 272 cm³/mol. The number of fused-ring (bicyclic) bond motifs is 9. The molecule has 3 aromatic heterocycles. The molecule has 0 saturated heterocycles.